The summed E-state index contributed by atoms with van der Waals surface area (Å²) < 4.78 is 31.0. The molecule has 118 valence electrons. The van der Waals surface area contributed by atoms with Crippen LogP contribution in [0.1, 0.15) is 20.8 Å². The van der Waals surface area contributed by atoms with Crippen molar-refractivity contribution < 1.29 is 22.1 Å². The number of nitrogens with zero attached hydrogens (tertiary/aromatic N) is 2. The maximum Gasteiger partial charge on any atom is 0.410 e. The zero-order valence-electron chi connectivity index (χ0n) is 12.2. The fraction of sp³-hybridized carbons (Fsp3) is 0.909. The summed E-state index contributed by atoms with van der Waals surface area (Å²) in [5.41, 5.74) is -0.502. The normalized spacial score (nSPS) is 18.1. The van der Waals surface area contributed by atoms with Crippen LogP contribution in [0.5, 0.6) is 0 Å². The first-order valence-electron chi connectivity index (χ1n) is 6.44. The second-order valence-electron chi connectivity index (χ2n) is 5.62. The van der Waals surface area contributed by atoms with Gasteiger partial charge in [0.05, 0.1) is 6.61 Å². The lowest BCUT2D eigenvalue weighted by Gasteiger charge is -2.35. The van der Waals surface area contributed by atoms with Gasteiger partial charge in [-0.1, -0.05) is 0 Å². The van der Waals surface area contributed by atoms with E-state index in [-0.39, 0.29) is 12.7 Å². The molecule has 0 spiro atoms. The molecule has 0 radical (unpaired) electrons. The van der Waals surface area contributed by atoms with Gasteiger partial charge >= 0.3 is 16.4 Å². The molecule has 0 atom stereocenters. The number of hydrogen-bond acceptors (Lipinski definition) is 6. The Kier molecular flexibility index (Phi) is 5.75. The molecular weight excluding hydrogens is 286 g/mol. The number of carbonyl (C=O) groups is 1. The smallest absolute Gasteiger partial charge is 0.410 e. The standard InChI is InChI=1S/C11H23N3O5S/c1-11(2,3)19-10(15)14-6-4-13(5-7-14)8-9-18-20(12,16)17/h4-9H2,1-3H3,(H2,12,16,17). The molecule has 1 rings (SSSR count). The number of nitrogens with two attached hydrogens (primary N) is 1. The van der Waals surface area contributed by atoms with Gasteiger partial charge in [-0.15, -0.1) is 0 Å². The van der Waals surface area contributed by atoms with Crippen molar-refractivity contribution in [3.8, 4) is 0 Å². The number of hydrogen-bond donors (Lipinski definition) is 1. The van der Waals surface area contributed by atoms with Crippen LogP contribution < -0.4 is 5.14 Å². The summed E-state index contributed by atoms with van der Waals surface area (Å²) in [5.74, 6) is 0. The molecular formula is C11H23N3O5S. The van der Waals surface area contributed by atoms with Crippen LogP contribution in [0, 0.1) is 0 Å². The molecule has 9 heteroatoms. The van der Waals surface area contributed by atoms with Crippen molar-refractivity contribution in [1.82, 2.24) is 9.80 Å². The van der Waals surface area contributed by atoms with E-state index in [1.54, 1.807) is 4.90 Å². The molecule has 0 bridgehead atoms. The van der Waals surface area contributed by atoms with E-state index in [1.165, 1.54) is 0 Å². The first-order chi connectivity index (χ1) is 9.07. The van der Waals surface area contributed by atoms with Crippen molar-refractivity contribution in [2.75, 3.05) is 39.3 Å². The third-order valence-electron chi connectivity index (χ3n) is 2.68. The van der Waals surface area contributed by atoms with Crippen LogP contribution in [-0.4, -0.2) is 69.2 Å². The Labute approximate surface area is 120 Å². The maximum absolute atomic E-state index is 11.8. The Morgan fingerprint density at radius 3 is 2.20 bits per heavy atom. The van der Waals surface area contributed by atoms with Gasteiger partial charge in [-0.25, -0.2) is 9.93 Å². The minimum atomic E-state index is -3.88. The average Bonchev–Trinajstić information content (AvgIpc) is 2.25. The van der Waals surface area contributed by atoms with Gasteiger partial charge in [0.25, 0.3) is 0 Å². The Bertz CT molecular complexity index is 424. The molecule has 1 aliphatic rings. The first-order valence-corrected chi connectivity index (χ1v) is 7.91. The van der Waals surface area contributed by atoms with E-state index in [2.05, 4.69) is 4.18 Å². The van der Waals surface area contributed by atoms with Crippen molar-refractivity contribution in [1.29, 1.82) is 0 Å². The highest BCUT2D eigenvalue weighted by molar-refractivity contribution is 7.84. The fourth-order valence-electron chi connectivity index (χ4n) is 1.76. The number of rotatable bonds is 4. The predicted octanol–water partition coefficient (Wildman–Crippen LogP) is -0.241. The molecule has 1 saturated heterocycles. The highest BCUT2D eigenvalue weighted by Crippen LogP contribution is 2.11. The molecule has 1 aliphatic heterocycles. The second kappa shape index (κ2) is 6.70. The summed E-state index contributed by atoms with van der Waals surface area (Å²) in [6, 6.07) is 0. The molecule has 0 aromatic heterocycles. The number of carbonyl (C=O) groups excluding carboxylic acids is 1. The van der Waals surface area contributed by atoms with E-state index in [0.717, 1.165) is 0 Å². The van der Waals surface area contributed by atoms with Gasteiger partial charge < -0.3 is 9.64 Å². The second-order valence-corrected chi connectivity index (χ2v) is 6.85. The van der Waals surface area contributed by atoms with Crippen molar-refractivity contribution in [2.45, 2.75) is 26.4 Å². The quantitative estimate of drug-likeness (QED) is 0.769. The summed E-state index contributed by atoms with van der Waals surface area (Å²) in [6.45, 7) is 8.34. The van der Waals surface area contributed by atoms with Crippen LogP contribution in [0.15, 0.2) is 0 Å². The minimum absolute atomic E-state index is 0.0191. The van der Waals surface area contributed by atoms with Gasteiger partial charge in [-0.05, 0) is 20.8 Å². The molecule has 8 nitrogen and oxygen atoms in total. The zero-order valence-corrected chi connectivity index (χ0v) is 13.0. The summed E-state index contributed by atoms with van der Waals surface area (Å²) in [4.78, 5) is 15.5. The number of piperazine rings is 1. The molecule has 20 heavy (non-hydrogen) atoms. The van der Waals surface area contributed by atoms with Crippen LogP contribution in [0.25, 0.3) is 0 Å². The summed E-state index contributed by atoms with van der Waals surface area (Å²) in [7, 11) is -3.88. The third-order valence-corrected chi connectivity index (χ3v) is 3.17. The predicted molar refractivity (Wildman–Crippen MR) is 73.3 cm³/mol. The van der Waals surface area contributed by atoms with Crippen molar-refractivity contribution >= 4 is 16.4 Å². The lowest BCUT2D eigenvalue weighted by Crippen LogP contribution is -2.50. The topological polar surface area (TPSA) is 102 Å². The number of ether oxygens (including phenoxy) is 1. The molecule has 2 N–H and O–H groups in total. The van der Waals surface area contributed by atoms with Crippen LogP contribution in [0.4, 0.5) is 4.79 Å². The summed E-state index contributed by atoms with van der Waals surface area (Å²) >= 11 is 0. The van der Waals surface area contributed by atoms with Gasteiger partial charge in [0.15, 0.2) is 0 Å². The molecule has 0 aromatic rings. The molecule has 1 fully saturated rings. The van der Waals surface area contributed by atoms with Crippen LogP contribution in [0.3, 0.4) is 0 Å². The highest BCUT2D eigenvalue weighted by atomic mass is 32.2. The SMILES string of the molecule is CC(C)(C)OC(=O)N1CCN(CCOS(N)(=O)=O)CC1. The van der Waals surface area contributed by atoms with E-state index in [1.807, 2.05) is 25.7 Å². The highest BCUT2D eigenvalue weighted by Gasteiger charge is 2.25. The fourth-order valence-corrected chi connectivity index (χ4v) is 2.07. The Morgan fingerprint density at radius 2 is 1.75 bits per heavy atom. The lowest BCUT2D eigenvalue weighted by molar-refractivity contribution is 0.0138. The number of amides is 1. The Morgan fingerprint density at radius 1 is 1.20 bits per heavy atom. The van der Waals surface area contributed by atoms with Crippen molar-refractivity contribution in [3.63, 3.8) is 0 Å². The molecule has 1 amide bonds. The lowest BCUT2D eigenvalue weighted by atomic mass is 10.2. The minimum Gasteiger partial charge on any atom is -0.444 e. The molecule has 0 saturated carbocycles. The molecule has 1 heterocycles. The summed E-state index contributed by atoms with van der Waals surface area (Å²) in [5, 5.41) is 4.73. The van der Waals surface area contributed by atoms with E-state index in [9.17, 15) is 13.2 Å². The molecule has 0 aliphatic carbocycles. The van der Waals surface area contributed by atoms with Crippen LogP contribution in [0.2, 0.25) is 0 Å². The van der Waals surface area contributed by atoms with Gasteiger partial charge in [0, 0.05) is 32.7 Å². The van der Waals surface area contributed by atoms with E-state index >= 15 is 0 Å². The third kappa shape index (κ3) is 7.04. The van der Waals surface area contributed by atoms with E-state index in [0.29, 0.717) is 32.7 Å². The molecule has 0 unspecified atom stereocenters. The largest absolute Gasteiger partial charge is 0.444 e. The van der Waals surface area contributed by atoms with Gasteiger partial charge in [-0.2, -0.15) is 8.42 Å². The maximum atomic E-state index is 11.8. The van der Waals surface area contributed by atoms with E-state index in [4.69, 9.17) is 9.88 Å². The molecule has 0 aromatic carbocycles. The van der Waals surface area contributed by atoms with Crippen molar-refractivity contribution in [3.05, 3.63) is 0 Å². The van der Waals surface area contributed by atoms with Crippen LogP contribution in [-0.2, 0) is 19.2 Å². The first kappa shape index (κ1) is 17.2. The zero-order chi connectivity index (χ0) is 15.4. The average molecular weight is 309 g/mol. The van der Waals surface area contributed by atoms with Gasteiger partial charge in [-0.3, -0.25) is 9.08 Å². The Hall–Kier alpha value is -0.900. The summed E-state index contributed by atoms with van der Waals surface area (Å²) in [6.07, 6.45) is -0.321. The van der Waals surface area contributed by atoms with Gasteiger partial charge in [0.2, 0.25) is 0 Å². The Balaban J connectivity index is 2.28. The van der Waals surface area contributed by atoms with Crippen molar-refractivity contribution in [2.24, 2.45) is 5.14 Å². The van der Waals surface area contributed by atoms with Gasteiger partial charge in [0.1, 0.15) is 5.60 Å². The van der Waals surface area contributed by atoms with Crippen LogP contribution >= 0.6 is 0 Å². The monoisotopic (exact) mass is 309 g/mol. The van der Waals surface area contributed by atoms with E-state index < -0.39 is 15.9 Å².